The number of carboxylic acid groups (broad SMARTS) is 1. The topological polar surface area (TPSA) is 93.5 Å². The Labute approximate surface area is 127 Å². The minimum Gasteiger partial charge on any atom is -0.496 e. The molecule has 0 saturated carbocycles. The highest BCUT2D eigenvalue weighted by atomic mass is 16.5. The summed E-state index contributed by atoms with van der Waals surface area (Å²) in [5.74, 6) is -1.12. The Hall–Kier alpha value is -2.83. The number of carbonyl (C=O) groups is 2. The van der Waals surface area contributed by atoms with Crippen LogP contribution in [0.4, 0.5) is 5.69 Å². The van der Waals surface area contributed by atoms with Gasteiger partial charge in [0.2, 0.25) is 5.91 Å². The van der Waals surface area contributed by atoms with Crippen molar-refractivity contribution in [1.29, 1.82) is 0 Å². The fourth-order valence-corrected chi connectivity index (χ4v) is 1.99. The normalized spacial score (nSPS) is 10.3. The number of hydrogen-bond donors (Lipinski definition) is 2. The second kappa shape index (κ2) is 6.75. The van der Waals surface area contributed by atoms with Gasteiger partial charge in [-0.3, -0.25) is 9.48 Å². The molecule has 0 fully saturated rings. The number of carbonyl (C=O) groups excluding carboxylic acids is 1. The van der Waals surface area contributed by atoms with Gasteiger partial charge in [0, 0.05) is 24.5 Å². The van der Waals surface area contributed by atoms with E-state index in [1.807, 2.05) is 13.1 Å². The van der Waals surface area contributed by atoms with E-state index in [2.05, 4.69) is 10.4 Å². The molecule has 2 rings (SSSR count). The lowest BCUT2D eigenvalue weighted by Crippen LogP contribution is -2.15. The van der Waals surface area contributed by atoms with E-state index in [1.54, 1.807) is 10.7 Å². The predicted molar refractivity (Wildman–Crippen MR) is 80.2 cm³/mol. The van der Waals surface area contributed by atoms with Crippen LogP contribution >= 0.6 is 0 Å². The second-order valence-corrected chi connectivity index (χ2v) is 4.61. The molecule has 0 aliphatic heterocycles. The zero-order valence-corrected chi connectivity index (χ0v) is 12.4. The van der Waals surface area contributed by atoms with Crippen LogP contribution in [0, 0.1) is 0 Å². The zero-order valence-electron chi connectivity index (χ0n) is 12.4. The van der Waals surface area contributed by atoms with Crippen molar-refractivity contribution in [3.05, 3.63) is 41.7 Å². The van der Waals surface area contributed by atoms with Gasteiger partial charge >= 0.3 is 5.97 Å². The van der Waals surface area contributed by atoms with E-state index in [1.165, 1.54) is 25.3 Å². The molecule has 1 heterocycles. The van der Waals surface area contributed by atoms with Crippen LogP contribution in [0.2, 0.25) is 0 Å². The van der Waals surface area contributed by atoms with Gasteiger partial charge in [-0.15, -0.1) is 0 Å². The van der Waals surface area contributed by atoms with Gasteiger partial charge < -0.3 is 15.2 Å². The summed E-state index contributed by atoms with van der Waals surface area (Å²) in [5, 5.41) is 15.9. The third-order valence-electron chi connectivity index (χ3n) is 3.08. The number of aryl methyl sites for hydroxylation is 1. The highest BCUT2D eigenvalue weighted by Crippen LogP contribution is 2.23. The lowest BCUT2D eigenvalue weighted by atomic mass is 10.1. The van der Waals surface area contributed by atoms with E-state index >= 15 is 0 Å². The SMILES string of the molecule is CCn1ccc(CC(=O)Nc2ccc(C(=O)O)c(OC)c2)n1. The Bertz CT molecular complexity index is 694. The third-order valence-corrected chi connectivity index (χ3v) is 3.08. The quantitative estimate of drug-likeness (QED) is 0.848. The number of rotatable bonds is 6. The Morgan fingerprint density at radius 2 is 2.14 bits per heavy atom. The summed E-state index contributed by atoms with van der Waals surface area (Å²) in [5.41, 5.74) is 1.19. The number of aromatic nitrogens is 2. The Balaban J connectivity index is 2.06. The molecule has 0 saturated heterocycles. The molecule has 2 aromatic rings. The molecule has 2 N–H and O–H groups in total. The number of anilines is 1. The molecule has 0 spiro atoms. The molecule has 0 bridgehead atoms. The van der Waals surface area contributed by atoms with Gasteiger partial charge in [0.05, 0.1) is 19.2 Å². The molecule has 1 aromatic carbocycles. The van der Waals surface area contributed by atoms with Crippen molar-refractivity contribution in [2.75, 3.05) is 12.4 Å². The number of nitrogens with one attached hydrogen (secondary N) is 1. The standard InChI is InChI=1S/C15H17N3O4/c1-3-18-7-6-11(17-18)9-14(19)16-10-4-5-12(15(20)21)13(8-10)22-2/h4-8H,3,9H2,1-2H3,(H,16,19)(H,20,21). The molecule has 116 valence electrons. The van der Waals surface area contributed by atoms with Crippen LogP contribution in [0.5, 0.6) is 5.75 Å². The van der Waals surface area contributed by atoms with E-state index in [-0.39, 0.29) is 23.6 Å². The first-order valence-electron chi connectivity index (χ1n) is 6.77. The van der Waals surface area contributed by atoms with E-state index in [0.717, 1.165) is 6.54 Å². The summed E-state index contributed by atoms with van der Waals surface area (Å²) in [6.07, 6.45) is 1.96. The van der Waals surface area contributed by atoms with E-state index < -0.39 is 5.97 Å². The first-order valence-corrected chi connectivity index (χ1v) is 6.77. The minimum absolute atomic E-state index is 0.0437. The molecule has 1 amide bonds. The first-order chi connectivity index (χ1) is 10.5. The van der Waals surface area contributed by atoms with Crippen molar-refractivity contribution in [1.82, 2.24) is 9.78 Å². The van der Waals surface area contributed by atoms with Gasteiger partial charge in [-0.1, -0.05) is 0 Å². The fraction of sp³-hybridized carbons (Fsp3) is 0.267. The van der Waals surface area contributed by atoms with Crippen molar-refractivity contribution in [3.8, 4) is 5.75 Å². The van der Waals surface area contributed by atoms with Crippen LogP contribution in [0.25, 0.3) is 0 Å². The van der Waals surface area contributed by atoms with Gasteiger partial charge in [0.1, 0.15) is 11.3 Å². The van der Waals surface area contributed by atoms with Crippen LogP contribution in [-0.2, 0) is 17.8 Å². The largest absolute Gasteiger partial charge is 0.496 e. The zero-order chi connectivity index (χ0) is 16.1. The maximum atomic E-state index is 12.0. The van der Waals surface area contributed by atoms with Crippen molar-refractivity contribution in [3.63, 3.8) is 0 Å². The monoisotopic (exact) mass is 303 g/mol. The summed E-state index contributed by atoms with van der Waals surface area (Å²) in [6, 6.07) is 6.18. The maximum Gasteiger partial charge on any atom is 0.339 e. The summed E-state index contributed by atoms with van der Waals surface area (Å²) in [6.45, 7) is 2.71. The number of aromatic carboxylic acids is 1. The van der Waals surface area contributed by atoms with Crippen molar-refractivity contribution < 1.29 is 19.4 Å². The van der Waals surface area contributed by atoms with Gasteiger partial charge in [0.25, 0.3) is 0 Å². The first kappa shape index (κ1) is 15.6. The van der Waals surface area contributed by atoms with Gasteiger partial charge in [-0.2, -0.15) is 5.10 Å². The smallest absolute Gasteiger partial charge is 0.339 e. The second-order valence-electron chi connectivity index (χ2n) is 4.61. The molecule has 7 nitrogen and oxygen atoms in total. The Morgan fingerprint density at radius 1 is 1.36 bits per heavy atom. The Kier molecular flexibility index (Phi) is 4.77. The number of ether oxygens (including phenoxy) is 1. The predicted octanol–water partition coefficient (Wildman–Crippen LogP) is 1.79. The highest BCUT2D eigenvalue weighted by Gasteiger charge is 2.13. The van der Waals surface area contributed by atoms with Crippen molar-refractivity contribution in [2.45, 2.75) is 19.9 Å². The average molecular weight is 303 g/mol. The minimum atomic E-state index is -1.08. The van der Waals surface area contributed by atoms with Gasteiger partial charge in [-0.25, -0.2) is 4.79 Å². The molecular formula is C15H17N3O4. The molecule has 0 unspecified atom stereocenters. The maximum absolute atomic E-state index is 12.0. The molecule has 1 aromatic heterocycles. The molecule has 22 heavy (non-hydrogen) atoms. The van der Waals surface area contributed by atoms with E-state index in [9.17, 15) is 9.59 Å². The van der Waals surface area contributed by atoms with E-state index in [0.29, 0.717) is 11.4 Å². The number of nitrogens with zero attached hydrogens (tertiary/aromatic N) is 2. The molecule has 0 aliphatic rings. The molecule has 0 radical (unpaired) electrons. The lowest BCUT2D eigenvalue weighted by Gasteiger charge is -2.09. The van der Waals surface area contributed by atoms with Gasteiger partial charge in [0.15, 0.2) is 0 Å². The van der Waals surface area contributed by atoms with Crippen LogP contribution in [0.1, 0.15) is 23.0 Å². The summed E-state index contributed by atoms with van der Waals surface area (Å²) in [4.78, 5) is 23.0. The number of amides is 1. The van der Waals surface area contributed by atoms with E-state index in [4.69, 9.17) is 9.84 Å². The lowest BCUT2D eigenvalue weighted by molar-refractivity contribution is -0.115. The summed E-state index contributed by atoms with van der Waals surface area (Å²) < 4.78 is 6.76. The number of methoxy groups -OCH3 is 1. The molecule has 0 atom stereocenters. The van der Waals surface area contributed by atoms with Crippen molar-refractivity contribution >= 4 is 17.6 Å². The van der Waals surface area contributed by atoms with Crippen LogP contribution in [-0.4, -0.2) is 33.9 Å². The fourth-order valence-electron chi connectivity index (χ4n) is 1.99. The van der Waals surface area contributed by atoms with Gasteiger partial charge in [-0.05, 0) is 25.1 Å². The van der Waals surface area contributed by atoms with Crippen LogP contribution < -0.4 is 10.1 Å². The molecule has 0 aliphatic carbocycles. The van der Waals surface area contributed by atoms with Crippen LogP contribution in [0.3, 0.4) is 0 Å². The number of hydrogen-bond acceptors (Lipinski definition) is 4. The van der Waals surface area contributed by atoms with Crippen LogP contribution in [0.15, 0.2) is 30.5 Å². The third kappa shape index (κ3) is 3.63. The molecular weight excluding hydrogens is 286 g/mol. The number of carboxylic acids is 1. The Morgan fingerprint density at radius 3 is 2.73 bits per heavy atom. The number of benzene rings is 1. The molecule has 7 heteroatoms. The summed E-state index contributed by atoms with van der Waals surface area (Å²) in [7, 11) is 1.38. The van der Waals surface area contributed by atoms with Crippen molar-refractivity contribution in [2.24, 2.45) is 0 Å². The average Bonchev–Trinajstić information content (AvgIpc) is 2.94. The summed E-state index contributed by atoms with van der Waals surface area (Å²) >= 11 is 0. The highest BCUT2D eigenvalue weighted by molar-refractivity contribution is 5.95.